The predicted octanol–water partition coefficient (Wildman–Crippen LogP) is 6.61. The number of benzene rings is 4. The molecule has 27 heavy (non-hydrogen) atoms. The van der Waals surface area contributed by atoms with Gasteiger partial charge in [-0.05, 0) is 0 Å². The van der Waals surface area contributed by atoms with Crippen LogP contribution in [-0.2, 0) is 15.2 Å². The number of hydrogen-bond acceptors (Lipinski definition) is 0. The van der Waals surface area contributed by atoms with E-state index in [9.17, 15) is 0 Å². The monoisotopic (exact) mass is 382 g/mol. The van der Waals surface area contributed by atoms with Crippen LogP contribution in [0.5, 0.6) is 0 Å². The first kappa shape index (κ1) is 15.5. The summed E-state index contributed by atoms with van der Waals surface area (Å²) in [7, 11) is 0. The van der Waals surface area contributed by atoms with Crippen molar-refractivity contribution in [2.24, 2.45) is 0 Å². The van der Waals surface area contributed by atoms with Crippen LogP contribution in [0.4, 0.5) is 0 Å². The summed E-state index contributed by atoms with van der Waals surface area (Å²) in [5.74, 6) is 0. The summed E-state index contributed by atoms with van der Waals surface area (Å²) >= 11 is 0.408. The van der Waals surface area contributed by atoms with Crippen LogP contribution in [0.2, 0.25) is 0 Å². The zero-order chi connectivity index (χ0) is 17.8. The van der Waals surface area contributed by atoms with Gasteiger partial charge in [0.15, 0.2) is 0 Å². The first-order valence-corrected chi connectivity index (χ1v) is 10.9. The maximum absolute atomic E-state index is 2.34. The fourth-order valence-corrected chi connectivity index (χ4v) is 7.27. The molecule has 0 radical (unpaired) electrons. The Kier molecular flexibility index (Phi) is 3.42. The summed E-state index contributed by atoms with van der Waals surface area (Å²) in [6, 6.07) is 36.0. The molecule has 1 heteroatoms. The minimum absolute atomic E-state index is 0.408. The molecular weight excluding hydrogens is 364 g/mol. The van der Waals surface area contributed by atoms with E-state index in [1.54, 1.807) is 0 Å². The van der Waals surface area contributed by atoms with Gasteiger partial charge in [-0.3, -0.25) is 0 Å². The molecule has 0 aromatic heterocycles. The summed E-state index contributed by atoms with van der Waals surface area (Å²) in [5, 5.41) is 0. The molecule has 4 aromatic rings. The van der Waals surface area contributed by atoms with Crippen LogP contribution in [0, 0.1) is 0 Å². The summed E-state index contributed by atoms with van der Waals surface area (Å²) in [5.41, 5.74) is 11.8. The van der Waals surface area contributed by atoms with Gasteiger partial charge in [-0.2, -0.15) is 0 Å². The van der Waals surface area contributed by atoms with Crippen LogP contribution in [-0.4, -0.2) is 0 Å². The van der Waals surface area contributed by atoms with E-state index in [1.165, 1.54) is 44.5 Å². The van der Waals surface area contributed by atoms with Crippen molar-refractivity contribution < 1.29 is 15.2 Å². The Balaban J connectivity index is 1.51. The Hall–Kier alpha value is -2.59. The fraction of sp³-hybridized carbons (Fsp3) is 0.0769. The van der Waals surface area contributed by atoms with Crippen molar-refractivity contribution in [3.63, 3.8) is 0 Å². The van der Waals surface area contributed by atoms with E-state index < -0.39 is 0 Å². The average Bonchev–Trinajstić information content (AvgIpc) is 3.23. The van der Waals surface area contributed by atoms with E-state index in [2.05, 4.69) is 97.1 Å². The van der Waals surface area contributed by atoms with Crippen molar-refractivity contribution in [2.45, 2.75) is 9.56 Å². The van der Waals surface area contributed by atoms with Crippen molar-refractivity contribution in [1.82, 2.24) is 0 Å². The van der Waals surface area contributed by atoms with Crippen LogP contribution in [0.3, 0.4) is 0 Å². The molecule has 128 valence electrons. The second-order valence-corrected chi connectivity index (χ2v) is 9.14. The Bertz CT molecular complexity index is 990. The van der Waals surface area contributed by atoms with E-state index >= 15 is 0 Å². The van der Waals surface area contributed by atoms with E-state index in [1.807, 2.05) is 0 Å². The molecule has 2 aliphatic carbocycles. The van der Waals surface area contributed by atoms with Crippen LogP contribution < -0.4 is 0 Å². The summed E-state index contributed by atoms with van der Waals surface area (Å²) in [4.78, 5) is 0. The van der Waals surface area contributed by atoms with Crippen molar-refractivity contribution in [3.05, 3.63) is 119 Å². The molecule has 0 bridgehead atoms. The first-order valence-electron chi connectivity index (χ1n) is 9.44. The molecule has 0 unspecified atom stereocenters. The molecule has 0 amide bonds. The molecule has 0 spiro atoms. The minimum atomic E-state index is 0.408. The zero-order valence-corrected chi connectivity index (χ0v) is 16.1. The zero-order valence-electron chi connectivity index (χ0n) is 14.8. The van der Waals surface area contributed by atoms with Gasteiger partial charge in [0.2, 0.25) is 0 Å². The van der Waals surface area contributed by atoms with Gasteiger partial charge >= 0.3 is 166 Å². The average molecular weight is 382 g/mol. The molecule has 2 aliphatic rings. The van der Waals surface area contributed by atoms with E-state index in [4.69, 9.17) is 0 Å². The Labute approximate surface area is 166 Å². The molecular formula is C26H18Cr. The Morgan fingerprint density at radius 2 is 0.630 bits per heavy atom. The second-order valence-electron chi connectivity index (χ2n) is 7.25. The molecule has 0 N–H and O–H groups in total. The predicted molar refractivity (Wildman–Crippen MR) is 107 cm³/mol. The SMILES string of the molecule is c1ccc2c(c1)-c1ccccc1[CH]2[Cr][CH]1c2ccccc2-c2ccccc21. The molecule has 0 fully saturated rings. The number of fused-ring (bicyclic) bond motifs is 6. The first-order chi connectivity index (χ1) is 13.4. The van der Waals surface area contributed by atoms with Gasteiger partial charge in [0.05, 0.1) is 0 Å². The van der Waals surface area contributed by atoms with Gasteiger partial charge in [-0.1, -0.05) is 0 Å². The van der Waals surface area contributed by atoms with Gasteiger partial charge < -0.3 is 0 Å². The third kappa shape index (κ3) is 2.23. The third-order valence-electron chi connectivity index (χ3n) is 5.83. The molecule has 0 atom stereocenters. The fourth-order valence-electron chi connectivity index (χ4n) is 4.65. The summed E-state index contributed by atoms with van der Waals surface area (Å²) in [6.45, 7) is 0. The van der Waals surface area contributed by atoms with Crippen molar-refractivity contribution in [3.8, 4) is 22.3 Å². The van der Waals surface area contributed by atoms with E-state index in [0.29, 0.717) is 24.8 Å². The molecule has 0 nitrogen and oxygen atoms in total. The molecule has 0 heterocycles. The van der Waals surface area contributed by atoms with Gasteiger partial charge in [0.25, 0.3) is 0 Å². The summed E-state index contributed by atoms with van der Waals surface area (Å²) < 4.78 is 1.04. The van der Waals surface area contributed by atoms with Crippen LogP contribution in [0.25, 0.3) is 22.3 Å². The van der Waals surface area contributed by atoms with Crippen molar-refractivity contribution >= 4 is 0 Å². The van der Waals surface area contributed by atoms with E-state index in [0.717, 1.165) is 0 Å². The topological polar surface area (TPSA) is 0 Å². The molecule has 4 aromatic carbocycles. The summed E-state index contributed by atoms with van der Waals surface area (Å²) in [6.07, 6.45) is 0. The third-order valence-corrected chi connectivity index (χ3v) is 8.26. The standard InChI is InChI=1S/2C13H9.Cr/c2*1-3-7-12-10(5-1)9-11-6-2-4-8-13(11)12;/h2*1-9H;. The maximum atomic E-state index is 2.34. The van der Waals surface area contributed by atoms with Crippen LogP contribution in [0.1, 0.15) is 31.8 Å². The van der Waals surface area contributed by atoms with Crippen molar-refractivity contribution in [2.75, 3.05) is 0 Å². The molecule has 0 saturated carbocycles. The molecule has 0 saturated heterocycles. The van der Waals surface area contributed by atoms with Crippen LogP contribution >= 0.6 is 0 Å². The van der Waals surface area contributed by atoms with Gasteiger partial charge in [-0.15, -0.1) is 0 Å². The Morgan fingerprint density at radius 1 is 0.370 bits per heavy atom. The normalized spacial score (nSPS) is 14.5. The van der Waals surface area contributed by atoms with Gasteiger partial charge in [0.1, 0.15) is 0 Å². The molecule has 0 aliphatic heterocycles. The molecule has 6 rings (SSSR count). The Morgan fingerprint density at radius 3 is 0.926 bits per heavy atom. The van der Waals surface area contributed by atoms with E-state index in [-0.39, 0.29) is 0 Å². The van der Waals surface area contributed by atoms with Crippen molar-refractivity contribution in [1.29, 1.82) is 0 Å². The van der Waals surface area contributed by atoms with Crippen LogP contribution in [0.15, 0.2) is 97.1 Å². The number of rotatable bonds is 2. The van der Waals surface area contributed by atoms with Gasteiger partial charge in [0, 0.05) is 0 Å². The van der Waals surface area contributed by atoms with Gasteiger partial charge in [-0.25, -0.2) is 0 Å². The number of hydrogen-bond donors (Lipinski definition) is 0. The quantitative estimate of drug-likeness (QED) is 0.366. The second kappa shape index (κ2) is 5.96.